The van der Waals surface area contributed by atoms with E-state index in [9.17, 15) is 13.6 Å². The van der Waals surface area contributed by atoms with Gasteiger partial charge in [-0.3, -0.25) is 9.00 Å². The Morgan fingerprint density at radius 2 is 1.94 bits per heavy atom. The lowest BCUT2D eigenvalue weighted by Crippen LogP contribution is -2.15. The number of benzene rings is 1. The van der Waals surface area contributed by atoms with E-state index in [2.05, 4.69) is 9.46 Å². The molecule has 0 aliphatic carbocycles. The molecule has 0 radical (unpaired) electrons. The second-order valence-electron chi connectivity index (χ2n) is 3.13. The highest BCUT2D eigenvalue weighted by Crippen LogP contribution is 2.05. The molecule has 0 aliphatic heterocycles. The van der Waals surface area contributed by atoms with Crippen LogP contribution in [0.2, 0.25) is 0 Å². The van der Waals surface area contributed by atoms with Gasteiger partial charge in [-0.25, -0.2) is 4.72 Å². The molecule has 1 atom stereocenters. The Balaban J connectivity index is 2.54. The molecule has 16 heavy (non-hydrogen) atoms. The number of esters is 1. The van der Waals surface area contributed by atoms with E-state index >= 15 is 0 Å². The van der Waals surface area contributed by atoms with E-state index in [1.807, 2.05) is 0 Å². The molecule has 1 rings (SSSR count). The van der Waals surface area contributed by atoms with Gasteiger partial charge < -0.3 is 9.29 Å². The molecule has 88 valence electrons. The molecule has 0 aliphatic rings. The number of carbonyl (C=O) groups excluding carboxylic acids is 1. The van der Waals surface area contributed by atoms with Gasteiger partial charge in [-0.05, 0) is 11.1 Å². The number of hydrogen-bond donors (Lipinski definition) is 1. The minimum Gasteiger partial charge on any atom is -0.760 e. The zero-order chi connectivity index (χ0) is 12.0. The summed E-state index contributed by atoms with van der Waals surface area (Å²) in [6, 6.07) is 7.06. The van der Waals surface area contributed by atoms with E-state index in [0.717, 1.165) is 11.1 Å². The fourth-order valence-electron chi connectivity index (χ4n) is 1.16. The summed E-state index contributed by atoms with van der Waals surface area (Å²) in [6.45, 7) is 0.245. The third-order valence-electron chi connectivity index (χ3n) is 1.99. The lowest BCUT2D eigenvalue weighted by atomic mass is 10.1. The van der Waals surface area contributed by atoms with Crippen molar-refractivity contribution < 1.29 is 18.3 Å². The molecule has 0 bridgehead atoms. The van der Waals surface area contributed by atoms with Gasteiger partial charge in [0.15, 0.2) is 0 Å². The Bertz CT molecular complexity index is 377. The van der Waals surface area contributed by atoms with Crippen LogP contribution in [0.1, 0.15) is 11.1 Å². The first-order valence-corrected chi connectivity index (χ1v) is 5.66. The second kappa shape index (κ2) is 6.37. The maximum atomic E-state index is 11.0. The first-order chi connectivity index (χ1) is 7.61. The van der Waals surface area contributed by atoms with E-state index < -0.39 is 11.3 Å². The highest BCUT2D eigenvalue weighted by Gasteiger charge is 2.02. The van der Waals surface area contributed by atoms with Gasteiger partial charge in [0.1, 0.15) is 0 Å². The van der Waals surface area contributed by atoms with Crippen molar-refractivity contribution in [3.05, 3.63) is 35.4 Å². The number of nitrogens with one attached hydrogen (secondary N) is 1. The van der Waals surface area contributed by atoms with Gasteiger partial charge in [-0.15, -0.1) is 0 Å². The summed E-state index contributed by atoms with van der Waals surface area (Å²) in [4.78, 5) is 11.0. The molecule has 0 amide bonds. The van der Waals surface area contributed by atoms with Crippen molar-refractivity contribution in [1.82, 2.24) is 4.72 Å². The zero-order valence-corrected chi connectivity index (χ0v) is 9.58. The standard InChI is InChI=1S/C10H13NO4S/c1-15-10(12)6-8-2-4-9(5-3-8)7-11-16(13)14/h2-5,11H,6-7H2,1H3,(H,13,14)/p-1. The van der Waals surface area contributed by atoms with Crippen molar-refractivity contribution in [2.24, 2.45) is 0 Å². The van der Waals surface area contributed by atoms with Gasteiger partial charge in [-0.2, -0.15) is 0 Å². The van der Waals surface area contributed by atoms with E-state index in [0.29, 0.717) is 0 Å². The first kappa shape index (κ1) is 12.8. The van der Waals surface area contributed by atoms with Gasteiger partial charge in [0.2, 0.25) is 0 Å². The predicted molar refractivity (Wildman–Crippen MR) is 57.9 cm³/mol. The molecule has 1 aromatic carbocycles. The molecule has 0 spiro atoms. The molecule has 1 aromatic rings. The smallest absolute Gasteiger partial charge is 0.309 e. The summed E-state index contributed by atoms with van der Waals surface area (Å²) >= 11 is -2.26. The molecular formula is C10H12NO4S-. The van der Waals surface area contributed by atoms with Crippen LogP contribution in [0.3, 0.4) is 0 Å². The van der Waals surface area contributed by atoms with Crippen LogP contribution in [0.25, 0.3) is 0 Å². The summed E-state index contributed by atoms with van der Waals surface area (Å²) in [5.41, 5.74) is 1.66. The maximum absolute atomic E-state index is 11.0. The Labute approximate surface area is 96.2 Å². The van der Waals surface area contributed by atoms with Gasteiger partial charge in [0.05, 0.1) is 13.5 Å². The highest BCUT2D eigenvalue weighted by molar-refractivity contribution is 7.77. The third-order valence-corrected chi connectivity index (χ3v) is 2.37. The molecule has 1 N–H and O–H groups in total. The van der Waals surface area contributed by atoms with Crippen molar-refractivity contribution in [1.29, 1.82) is 0 Å². The van der Waals surface area contributed by atoms with E-state index in [-0.39, 0.29) is 18.9 Å². The Kier molecular flexibility index (Phi) is 5.10. The summed E-state index contributed by atoms with van der Waals surface area (Å²) in [5, 5.41) is 0. The molecule has 0 fully saturated rings. The largest absolute Gasteiger partial charge is 0.760 e. The first-order valence-electron chi connectivity index (χ1n) is 4.59. The quantitative estimate of drug-likeness (QED) is 0.594. The molecule has 1 unspecified atom stereocenters. The van der Waals surface area contributed by atoms with Crippen LogP contribution >= 0.6 is 0 Å². The van der Waals surface area contributed by atoms with Crippen LogP contribution in [0.5, 0.6) is 0 Å². The fraction of sp³-hybridized carbons (Fsp3) is 0.300. The highest BCUT2D eigenvalue weighted by atomic mass is 32.2. The minimum absolute atomic E-state index is 0.220. The third kappa shape index (κ3) is 4.52. The average molecular weight is 242 g/mol. The molecule has 0 saturated carbocycles. The summed E-state index contributed by atoms with van der Waals surface area (Å²) in [5.74, 6) is -0.300. The monoisotopic (exact) mass is 242 g/mol. The molecular weight excluding hydrogens is 230 g/mol. The lowest BCUT2D eigenvalue weighted by molar-refractivity contribution is -0.139. The number of hydrogen-bond acceptors (Lipinski definition) is 4. The number of carbonyl (C=O) groups is 1. The molecule has 5 nitrogen and oxygen atoms in total. The van der Waals surface area contributed by atoms with Crippen molar-refractivity contribution in [3.8, 4) is 0 Å². The summed E-state index contributed by atoms with van der Waals surface area (Å²) in [7, 11) is 1.34. The molecule has 6 heteroatoms. The van der Waals surface area contributed by atoms with Crippen LogP contribution < -0.4 is 4.72 Å². The SMILES string of the molecule is COC(=O)Cc1ccc(CNS(=O)[O-])cc1. The van der Waals surface area contributed by atoms with E-state index in [4.69, 9.17) is 0 Å². The number of rotatable bonds is 5. The number of ether oxygens (including phenoxy) is 1. The van der Waals surface area contributed by atoms with Crippen molar-refractivity contribution in [3.63, 3.8) is 0 Å². The summed E-state index contributed by atoms with van der Waals surface area (Å²) < 4.78 is 27.3. The van der Waals surface area contributed by atoms with Crippen LogP contribution in [0, 0.1) is 0 Å². The van der Waals surface area contributed by atoms with Crippen molar-refractivity contribution >= 4 is 17.2 Å². The second-order valence-corrected chi connectivity index (χ2v) is 3.88. The Hall–Kier alpha value is -1.24. The topological polar surface area (TPSA) is 78.5 Å². The number of methoxy groups -OCH3 is 1. The van der Waals surface area contributed by atoms with Crippen LogP contribution in [0.4, 0.5) is 0 Å². The fourth-order valence-corrected chi connectivity index (χ4v) is 1.44. The van der Waals surface area contributed by atoms with E-state index in [1.165, 1.54) is 7.11 Å². The maximum Gasteiger partial charge on any atom is 0.309 e. The zero-order valence-electron chi connectivity index (χ0n) is 8.76. The van der Waals surface area contributed by atoms with Gasteiger partial charge in [0, 0.05) is 17.8 Å². The Morgan fingerprint density at radius 3 is 2.44 bits per heavy atom. The normalized spacial score (nSPS) is 12.1. The molecule has 0 heterocycles. The lowest BCUT2D eigenvalue weighted by Gasteiger charge is -2.07. The predicted octanol–water partition coefficient (Wildman–Crippen LogP) is 0.286. The average Bonchev–Trinajstić information content (AvgIpc) is 2.28. The van der Waals surface area contributed by atoms with Crippen molar-refractivity contribution in [2.45, 2.75) is 13.0 Å². The van der Waals surface area contributed by atoms with Crippen LogP contribution in [-0.2, 0) is 33.8 Å². The van der Waals surface area contributed by atoms with Gasteiger partial charge in [-0.1, -0.05) is 24.3 Å². The summed E-state index contributed by atoms with van der Waals surface area (Å²) in [6.07, 6.45) is 0.220. The molecule has 0 aromatic heterocycles. The van der Waals surface area contributed by atoms with Crippen LogP contribution in [0.15, 0.2) is 24.3 Å². The molecule has 0 saturated heterocycles. The Morgan fingerprint density at radius 1 is 1.38 bits per heavy atom. The van der Waals surface area contributed by atoms with Gasteiger partial charge in [0.25, 0.3) is 0 Å². The van der Waals surface area contributed by atoms with Crippen LogP contribution in [-0.4, -0.2) is 21.8 Å². The minimum atomic E-state index is -2.26. The van der Waals surface area contributed by atoms with Gasteiger partial charge >= 0.3 is 5.97 Å². The van der Waals surface area contributed by atoms with Crippen molar-refractivity contribution in [2.75, 3.05) is 7.11 Å². The van der Waals surface area contributed by atoms with E-state index in [1.54, 1.807) is 24.3 Å².